The van der Waals surface area contributed by atoms with Gasteiger partial charge in [-0.3, -0.25) is 4.79 Å². The Morgan fingerprint density at radius 3 is 2.39 bits per heavy atom. The summed E-state index contributed by atoms with van der Waals surface area (Å²) in [7, 11) is 0. The molecule has 1 aliphatic carbocycles. The van der Waals surface area contributed by atoms with E-state index in [-0.39, 0.29) is 0 Å². The van der Waals surface area contributed by atoms with Crippen LogP contribution in [-0.4, -0.2) is 46.0 Å². The van der Waals surface area contributed by atoms with E-state index in [0.717, 1.165) is 6.42 Å². The molecule has 1 saturated carbocycles. The van der Waals surface area contributed by atoms with Crippen molar-refractivity contribution in [1.29, 1.82) is 0 Å². The van der Waals surface area contributed by atoms with Crippen LogP contribution < -0.4 is 11.1 Å². The van der Waals surface area contributed by atoms with Crippen molar-refractivity contribution in [3.63, 3.8) is 0 Å². The fourth-order valence-corrected chi connectivity index (χ4v) is 2.50. The molecule has 18 heavy (non-hydrogen) atoms. The molecular formula is C11H17N3O4. The van der Waals surface area contributed by atoms with Gasteiger partial charge in [-0.05, 0) is 32.1 Å². The zero-order valence-corrected chi connectivity index (χ0v) is 10.0. The molecule has 2 aliphatic rings. The van der Waals surface area contributed by atoms with E-state index in [1.165, 1.54) is 4.90 Å². The molecule has 4 N–H and O–H groups in total. The van der Waals surface area contributed by atoms with E-state index in [1.807, 2.05) is 0 Å². The molecular weight excluding hydrogens is 238 g/mol. The Morgan fingerprint density at radius 2 is 1.94 bits per heavy atom. The fraction of sp³-hybridized carbons (Fsp3) is 0.727. The van der Waals surface area contributed by atoms with Crippen molar-refractivity contribution < 1.29 is 19.5 Å². The Hall–Kier alpha value is -1.79. The molecule has 2 fully saturated rings. The van der Waals surface area contributed by atoms with Crippen LogP contribution in [0.5, 0.6) is 0 Å². The summed E-state index contributed by atoms with van der Waals surface area (Å²) >= 11 is 0. The van der Waals surface area contributed by atoms with Crippen LogP contribution in [-0.2, 0) is 9.59 Å². The summed E-state index contributed by atoms with van der Waals surface area (Å²) in [5.74, 6) is -1.56. The Morgan fingerprint density at radius 1 is 1.28 bits per heavy atom. The number of carboxylic acid groups (broad SMARTS) is 1. The molecule has 7 nitrogen and oxygen atoms in total. The first kappa shape index (κ1) is 12.7. The minimum absolute atomic E-state index is 0.434. The highest BCUT2D eigenvalue weighted by molar-refractivity contribution is 5.90. The average Bonchev–Trinajstić information content (AvgIpc) is 2.71. The standard InChI is InChI=1S/C11H17N3O4/c12-8(15)7-3-1-6-14(7)10(18)13-11(9(16)17)4-2-5-11/h7H,1-6H2,(H2,12,15)(H,13,18)(H,16,17). The Balaban J connectivity index is 2.03. The molecule has 3 amide bonds. The maximum absolute atomic E-state index is 12.0. The number of nitrogens with zero attached hydrogens (tertiary/aromatic N) is 1. The maximum Gasteiger partial charge on any atom is 0.329 e. The predicted molar refractivity (Wildman–Crippen MR) is 61.7 cm³/mol. The van der Waals surface area contributed by atoms with Gasteiger partial charge in [0, 0.05) is 6.54 Å². The van der Waals surface area contributed by atoms with Crippen molar-refractivity contribution in [1.82, 2.24) is 10.2 Å². The number of amides is 3. The number of nitrogens with two attached hydrogens (primary N) is 1. The number of carboxylic acids is 1. The zero-order chi connectivity index (χ0) is 13.3. The molecule has 0 spiro atoms. The van der Waals surface area contributed by atoms with E-state index < -0.39 is 29.5 Å². The van der Waals surface area contributed by atoms with Crippen molar-refractivity contribution in [3.05, 3.63) is 0 Å². The number of hydrogen-bond donors (Lipinski definition) is 3. The van der Waals surface area contributed by atoms with Gasteiger partial charge < -0.3 is 21.1 Å². The zero-order valence-electron chi connectivity index (χ0n) is 10.0. The first-order valence-electron chi connectivity index (χ1n) is 6.08. The number of aliphatic carboxylic acids is 1. The molecule has 1 saturated heterocycles. The summed E-state index contributed by atoms with van der Waals surface area (Å²) in [6.07, 6.45) is 2.90. The SMILES string of the molecule is NC(=O)C1CCCN1C(=O)NC1(C(=O)O)CCC1. The number of primary amides is 1. The van der Waals surface area contributed by atoms with Crippen LogP contribution in [0.3, 0.4) is 0 Å². The van der Waals surface area contributed by atoms with Gasteiger partial charge in [-0.1, -0.05) is 0 Å². The Labute approximate surface area is 104 Å². The molecule has 100 valence electrons. The lowest BCUT2D eigenvalue weighted by molar-refractivity contribution is -0.148. The van der Waals surface area contributed by atoms with Crippen LogP contribution in [0.15, 0.2) is 0 Å². The lowest BCUT2D eigenvalue weighted by Crippen LogP contribution is -2.62. The Kier molecular flexibility index (Phi) is 3.14. The van der Waals surface area contributed by atoms with E-state index in [9.17, 15) is 14.4 Å². The van der Waals surface area contributed by atoms with Crippen molar-refractivity contribution in [3.8, 4) is 0 Å². The van der Waals surface area contributed by atoms with E-state index >= 15 is 0 Å². The van der Waals surface area contributed by atoms with E-state index in [4.69, 9.17) is 10.8 Å². The van der Waals surface area contributed by atoms with Crippen molar-refractivity contribution >= 4 is 17.9 Å². The second-order valence-corrected chi connectivity index (χ2v) is 4.92. The summed E-state index contributed by atoms with van der Waals surface area (Å²) in [5.41, 5.74) is 4.07. The number of carbonyl (C=O) groups is 3. The monoisotopic (exact) mass is 255 g/mol. The van der Waals surface area contributed by atoms with Gasteiger partial charge in [0.25, 0.3) is 0 Å². The highest BCUT2D eigenvalue weighted by Crippen LogP contribution is 2.32. The predicted octanol–water partition coefficient (Wildman–Crippen LogP) is -0.347. The van der Waals surface area contributed by atoms with Crippen molar-refractivity contribution in [2.45, 2.75) is 43.7 Å². The molecule has 1 heterocycles. The van der Waals surface area contributed by atoms with Gasteiger partial charge in [-0.15, -0.1) is 0 Å². The average molecular weight is 255 g/mol. The van der Waals surface area contributed by atoms with Crippen LogP contribution in [0.25, 0.3) is 0 Å². The molecule has 2 rings (SSSR count). The summed E-state index contributed by atoms with van der Waals surface area (Å²) in [6.45, 7) is 0.440. The number of urea groups is 1. The minimum Gasteiger partial charge on any atom is -0.480 e. The summed E-state index contributed by atoms with van der Waals surface area (Å²) in [6, 6.07) is -1.12. The minimum atomic E-state index is -1.15. The first-order chi connectivity index (χ1) is 8.46. The first-order valence-corrected chi connectivity index (χ1v) is 6.08. The number of carbonyl (C=O) groups excluding carboxylic acids is 2. The molecule has 1 unspecified atom stereocenters. The second kappa shape index (κ2) is 4.47. The van der Waals surface area contributed by atoms with Gasteiger partial charge in [0.05, 0.1) is 0 Å². The van der Waals surface area contributed by atoms with Crippen LogP contribution >= 0.6 is 0 Å². The highest BCUT2D eigenvalue weighted by atomic mass is 16.4. The quantitative estimate of drug-likeness (QED) is 0.639. The second-order valence-electron chi connectivity index (χ2n) is 4.92. The number of nitrogens with one attached hydrogen (secondary N) is 1. The molecule has 1 aliphatic heterocycles. The number of likely N-dealkylation sites (tertiary alicyclic amines) is 1. The molecule has 0 bridgehead atoms. The van der Waals surface area contributed by atoms with Crippen molar-refractivity contribution in [2.24, 2.45) is 5.73 Å². The van der Waals surface area contributed by atoms with E-state index in [2.05, 4.69) is 5.32 Å². The highest BCUT2D eigenvalue weighted by Gasteiger charge is 2.47. The molecule has 0 aromatic heterocycles. The lowest BCUT2D eigenvalue weighted by Gasteiger charge is -2.39. The van der Waals surface area contributed by atoms with Gasteiger partial charge in [-0.2, -0.15) is 0 Å². The molecule has 7 heteroatoms. The lowest BCUT2D eigenvalue weighted by atomic mass is 9.77. The smallest absolute Gasteiger partial charge is 0.329 e. The summed E-state index contributed by atoms with van der Waals surface area (Å²) in [5, 5.41) is 11.7. The van der Waals surface area contributed by atoms with Gasteiger partial charge >= 0.3 is 12.0 Å². The third-order valence-electron chi connectivity index (χ3n) is 3.80. The fourth-order valence-electron chi connectivity index (χ4n) is 2.50. The topological polar surface area (TPSA) is 113 Å². The van der Waals surface area contributed by atoms with Crippen molar-refractivity contribution in [2.75, 3.05) is 6.54 Å². The third kappa shape index (κ3) is 2.00. The van der Waals surface area contributed by atoms with Gasteiger partial charge in [0.1, 0.15) is 11.6 Å². The largest absolute Gasteiger partial charge is 0.480 e. The molecule has 1 atom stereocenters. The Bertz CT molecular complexity index is 392. The molecule has 0 aromatic rings. The summed E-state index contributed by atoms with van der Waals surface area (Å²) in [4.78, 5) is 35.7. The van der Waals surface area contributed by atoms with Crippen LogP contribution in [0.4, 0.5) is 4.79 Å². The van der Waals surface area contributed by atoms with E-state index in [0.29, 0.717) is 32.2 Å². The molecule has 0 radical (unpaired) electrons. The summed E-state index contributed by atoms with van der Waals surface area (Å²) < 4.78 is 0. The van der Waals surface area contributed by atoms with Gasteiger partial charge in [0.15, 0.2) is 0 Å². The third-order valence-corrected chi connectivity index (χ3v) is 3.80. The molecule has 0 aromatic carbocycles. The van der Waals surface area contributed by atoms with Gasteiger partial charge in [0.2, 0.25) is 5.91 Å². The number of rotatable bonds is 3. The van der Waals surface area contributed by atoms with E-state index in [1.54, 1.807) is 0 Å². The van der Waals surface area contributed by atoms with Crippen LogP contribution in [0.2, 0.25) is 0 Å². The number of hydrogen-bond acceptors (Lipinski definition) is 3. The van der Waals surface area contributed by atoms with Crippen LogP contribution in [0, 0.1) is 0 Å². The van der Waals surface area contributed by atoms with Gasteiger partial charge in [-0.25, -0.2) is 9.59 Å². The maximum atomic E-state index is 12.0. The normalized spacial score (nSPS) is 25.3. The van der Waals surface area contributed by atoms with Crippen LogP contribution in [0.1, 0.15) is 32.1 Å².